The fourth-order valence-corrected chi connectivity index (χ4v) is 2.26. The van der Waals surface area contributed by atoms with Crippen LogP contribution in [0.3, 0.4) is 0 Å². The van der Waals surface area contributed by atoms with Gasteiger partial charge >= 0.3 is 0 Å². The van der Waals surface area contributed by atoms with Crippen molar-refractivity contribution in [3.8, 4) is 0 Å². The molecule has 0 aliphatic heterocycles. The second-order valence-electron chi connectivity index (χ2n) is 4.76. The summed E-state index contributed by atoms with van der Waals surface area (Å²) in [5.41, 5.74) is 1.34. The fraction of sp³-hybridized carbons (Fsp3) is 0.438. The summed E-state index contributed by atoms with van der Waals surface area (Å²) in [6, 6.07) is 10.5. The Labute approximate surface area is 127 Å². The molecule has 0 aliphatic rings. The number of hydrogen-bond donors (Lipinski definition) is 0. The Hall–Kier alpha value is -0.930. The van der Waals surface area contributed by atoms with E-state index in [9.17, 15) is 4.79 Å². The average molecular weight is 326 g/mol. The molecule has 0 spiro atoms. The van der Waals surface area contributed by atoms with Crippen LogP contribution in [0.25, 0.3) is 0 Å². The Morgan fingerprint density at radius 1 is 1.21 bits per heavy atom. The van der Waals surface area contributed by atoms with Crippen LogP contribution in [-0.4, -0.2) is 29.9 Å². The number of allylic oxidation sites excluding steroid dienone is 1. The third-order valence-electron chi connectivity index (χ3n) is 3.76. The molecule has 0 aliphatic carbocycles. The summed E-state index contributed by atoms with van der Waals surface area (Å²) in [7, 11) is 0. The van der Waals surface area contributed by atoms with Crippen molar-refractivity contribution in [2.24, 2.45) is 0 Å². The number of carbonyl (C=O) groups excluding carboxylic acids is 1. The van der Waals surface area contributed by atoms with E-state index in [1.807, 2.05) is 6.07 Å². The number of hydrogen-bond acceptors (Lipinski definition) is 1. The molecular weight excluding hydrogens is 302 g/mol. The quantitative estimate of drug-likeness (QED) is 0.492. The Bertz CT molecular complexity index is 385. The molecule has 0 heterocycles. The highest BCUT2D eigenvalue weighted by Gasteiger charge is 2.24. The fourth-order valence-electron chi connectivity index (χ4n) is 2.26. The Morgan fingerprint density at radius 2 is 1.79 bits per heavy atom. The topological polar surface area (TPSA) is 17.1 Å². The largest absolute Gasteiger partial charge is 1.00 e. The zero-order valence-electron chi connectivity index (χ0n) is 11.9. The molecule has 2 nitrogen and oxygen atoms in total. The maximum absolute atomic E-state index is 11.4. The number of ketones is 1. The van der Waals surface area contributed by atoms with Crippen LogP contribution in [0.15, 0.2) is 43.0 Å². The van der Waals surface area contributed by atoms with Gasteiger partial charge in [0.2, 0.25) is 0 Å². The van der Waals surface area contributed by atoms with Gasteiger partial charge in [-0.05, 0) is 19.9 Å². The SMILES string of the molecule is C=CC(=O)CC[N+](CC)(CC)Cc1ccccc1.[Br-]. The molecule has 0 bridgehead atoms. The maximum atomic E-state index is 11.4. The van der Waals surface area contributed by atoms with E-state index in [1.165, 1.54) is 11.6 Å². The zero-order valence-corrected chi connectivity index (χ0v) is 13.5. The van der Waals surface area contributed by atoms with Gasteiger partial charge < -0.3 is 21.5 Å². The number of rotatable bonds is 8. The number of halogens is 1. The standard InChI is InChI=1S/C16H24NO.BrH/c1-4-16(18)12-13-17(5-2,6-3)14-15-10-8-7-9-11-15;/h4,7-11H,1,5-6,12-14H2,2-3H3;1H/q+1;/p-1. The average Bonchev–Trinajstić information content (AvgIpc) is 2.44. The molecule has 0 aromatic heterocycles. The van der Waals surface area contributed by atoms with Crippen LogP contribution >= 0.6 is 0 Å². The first kappa shape index (κ1) is 18.1. The first-order valence-electron chi connectivity index (χ1n) is 6.70. The van der Waals surface area contributed by atoms with Gasteiger partial charge in [0.05, 0.1) is 26.1 Å². The van der Waals surface area contributed by atoms with E-state index in [4.69, 9.17) is 0 Å². The predicted octanol–water partition coefficient (Wildman–Crippen LogP) is 0.192. The Kier molecular flexibility index (Phi) is 8.61. The molecule has 19 heavy (non-hydrogen) atoms. The van der Waals surface area contributed by atoms with E-state index in [2.05, 4.69) is 44.7 Å². The van der Waals surface area contributed by atoms with Gasteiger partial charge in [-0.2, -0.15) is 0 Å². The van der Waals surface area contributed by atoms with Crippen molar-refractivity contribution in [2.45, 2.75) is 26.8 Å². The van der Waals surface area contributed by atoms with E-state index in [-0.39, 0.29) is 22.8 Å². The van der Waals surface area contributed by atoms with E-state index >= 15 is 0 Å². The summed E-state index contributed by atoms with van der Waals surface area (Å²) in [6.45, 7) is 11.9. The van der Waals surface area contributed by atoms with Crippen molar-refractivity contribution >= 4 is 5.78 Å². The van der Waals surface area contributed by atoms with Gasteiger partial charge in [-0.1, -0.05) is 36.9 Å². The molecule has 0 N–H and O–H groups in total. The van der Waals surface area contributed by atoms with Crippen molar-refractivity contribution in [3.05, 3.63) is 48.6 Å². The van der Waals surface area contributed by atoms with Crippen LogP contribution in [-0.2, 0) is 11.3 Å². The first-order chi connectivity index (χ1) is 8.65. The second-order valence-corrected chi connectivity index (χ2v) is 4.76. The van der Waals surface area contributed by atoms with Crippen molar-refractivity contribution < 1.29 is 26.3 Å². The van der Waals surface area contributed by atoms with Gasteiger partial charge in [0, 0.05) is 5.56 Å². The van der Waals surface area contributed by atoms with Gasteiger partial charge in [-0.25, -0.2) is 0 Å². The molecule has 3 heteroatoms. The highest BCUT2D eigenvalue weighted by Crippen LogP contribution is 2.15. The molecular formula is C16H24BrNO. The summed E-state index contributed by atoms with van der Waals surface area (Å²) in [4.78, 5) is 11.4. The minimum Gasteiger partial charge on any atom is -1.00 e. The minimum absolute atomic E-state index is 0. The lowest BCUT2D eigenvalue weighted by Gasteiger charge is -2.36. The van der Waals surface area contributed by atoms with Gasteiger partial charge in [0.25, 0.3) is 0 Å². The van der Waals surface area contributed by atoms with Crippen LogP contribution in [0.1, 0.15) is 25.8 Å². The van der Waals surface area contributed by atoms with E-state index in [0.717, 1.165) is 30.7 Å². The van der Waals surface area contributed by atoms with Crippen molar-refractivity contribution in [2.75, 3.05) is 19.6 Å². The summed E-state index contributed by atoms with van der Waals surface area (Å²) >= 11 is 0. The second kappa shape index (κ2) is 9.05. The van der Waals surface area contributed by atoms with Crippen LogP contribution in [0.4, 0.5) is 0 Å². The van der Waals surface area contributed by atoms with Crippen LogP contribution in [0.5, 0.6) is 0 Å². The highest BCUT2D eigenvalue weighted by atomic mass is 79.9. The van der Waals surface area contributed by atoms with Gasteiger partial charge in [-0.15, -0.1) is 0 Å². The zero-order chi connectivity index (χ0) is 13.4. The Balaban J connectivity index is 0.00000324. The molecule has 0 unspecified atom stereocenters. The smallest absolute Gasteiger partial charge is 0.160 e. The molecule has 1 aromatic carbocycles. The van der Waals surface area contributed by atoms with Crippen LogP contribution < -0.4 is 17.0 Å². The Morgan fingerprint density at radius 3 is 2.26 bits per heavy atom. The molecule has 0 radical (unpaired) electrons. The number of benzene rings is 1. The van der Waals surface area contributed by atoms with Crippen LogP contribution in [0.2, 0.25) is 0 Å². The molecule has 1 aromatic rings. The summed E-state index contributed by atoms with van der Waals surface area (Å²) < 4.78 is 0.962. The highest BCUT2D eigenvalue weighted by molar-refractivity contribution is 5.89. The molecule has 0 saturated heterocycles. The minimum atomic E-state index is 0. The normalized spacial score (nSPS) is 10.6. The van der Waals surface area contributed by atoms with E-state index in [0.29, 0.717) is 6.42 Å². The number of carbonyl (C=O) groups is 1. The summed E-state index contributed by atoms with van der Waals surface area (Å²) in [5, 5.41) is 0. The molecule has 106 valence electrons. The monoisotopic (exact) mass is 325 g/mol. The molecule has 1 rings (SSSR count). The molecule has 0 amide bonds. The lowest BCUT2D eigenvalue weighted by Crippen LogP contribution is -3.00. The van der Waals surface area contributed by atoms with Gasteiger partial charge in [0.1, 0.15) is 6.54 Å². The van der Waals surface area contributed by atoms with Gasteiger partial charge in [0.15, 0.2) is 5.78 Å². The van der Waals surface area contributed by atoms with Crippen molar-refractivity contribution in [3.63, 3.8) is 0 Å². The summed E-state index contributed by atoms with van der Waals surface area (Å²) in [5.74, 6) is 0.146. The predicted molar refractivity (Wildman–Crippen MR) is 76.2 cm³/mol. The maximum Gasteiger partial charge on any atom is 0.160 e. The third kappa shape index (κ3) is 5.70. The molecule has 0 atom stereocenters. The van der Waals surface area contributed by atoms with Crippen molar-refractivity contribution in [1.29, 1.82) is 0 Å². The van der Waals surface area contributed by atoms with E-state index in [1.54, 1.807) is 0 Å². The molecule has 0 saturated carbocycles. The van der Waals surface area contributed by atoms with Gasteiger partial charge in [-0.3, -0.25) is 4.79 Å². The van der Waals surface area contributed by atoms with Crippen molar-refractivity contribution in [1.82, 2.24) is 0 Å². The third-order valence-corrected chi connectivity index (χ3v) is 3.76. The van der Waals surface area contributed by atoms with Crippen LogP contribution in [0, 0.1) is 0 Å². The lowest BCUT2D eigenvalue weighted by atomic mass is 10.1. The van der Waals surface area contributed by atoms with E-state index < -0.39 is 0 Å². The lowest BCUT2D eigenvalue weighted by molar-refractivity contribution is -0.937. The number of nitrogens with zero attached hydrogens (tertiary/aromatic N) is 1. The first-order valence-corrected chi connectivity index (χ1v) is 6.70. The number of quaternary nitrogens is 1. The molecule has 0 fully saturated rings. The summed E-state index contributed by atoms with van der Waals surface area (Å²) in [6.07, 6.45) is 2.03.